The Kier molecular flexibility index (Phi) is 5.79. The third kappa shape index (κ3) is 4.68. The van der Waals surface area contributed by atoms with Gasteiger partial charge < -0.3 is 9.87 Å². The summed E-state index contributed by atoms with van der Waals surface area (Å²) >= 11 is -1.61. The zero-order chi connectivity index (χ0) is 19.2. The van der Waals surface area contributed by atoms with Crippen LogP contribution in [0.4, 0.5) is 5.69 Å². The topological polar surface area (TPSA) is 137 Å². The Morgan fingerprint density at radius 1 is 1.22 bits per heavy atom. The fourth-order valence-corrected chi connectivity index (χ4v) is 3.49. The maximum atomic E-state index is 12.5. The van der Waals surface area contributed by atoms with Gasteiger partial charge in [-0.15, -0.1) is 5.10 Å². The Hall–Kier alpha value is -3.24. The Morgan fingerprint density at radius 2 is 2.00 bits per heavy atom. The fourth-order valence-electron chi connectivity index (χ4n) is 2.44. The number of rotatable bonds is 7. The SMILES string of the molecule is O=C(NC(C[S+]([O-])c1nc[nH]n1)c1cccc([N+](=O)[O-])c1)c1ccccc1. The Labute approximate surface area is 157 Å². The molecule has 9 nitrogen and oxygen atoms in total. The van der Waals surface area contributed by atoms with Crippen molar-refractivity contribution in [1.82, 2.24) is 20.5 Å². The lowest BCUT2D eigenvalue weighted by molar-refractivity contribution is -0.384. The third-order valence-electron chi connectivity index (χ3n) is 3.74. The third-order valence-corrected chi connectivity index (χ3v) is 4.98. The van der Waals surface area contributed by atoms with Crippen molar-refractivity contribution in [3.8, 4) is 0 Å². The van der Waals surface area contributed by atoms with Crippen LogP contribution in [-0.2, 0) is 11.2 Å². The van der Waals surface area contributed by atoms with Gasteiger partial charge in [-0.3, -0.25) is 20.0 Å². The van der Waals surface area contributed by atoms with E-state index in [1.54, 1.807) is 36.4 Å². The first kappa shape index (κ1) is 18.5. The van der Waals surface area contributed by atoms with Crippen LogP contribution in [0.5, 0.6) is 0 Å². The van der Waals surface area contributed by atoms with Crippen LogP contribution in [0, 0.1) is 10.1 Å². The molecule has 0 aliphatic heterocycles. The summed E-state index contributed by atoms with van der Waals surface area (Å²) in [7, 11) is 0. The molecule has 27 heavy (non-hydrogen) atoms. The summed E-state index contributed by atoms with van der Waals surface area (Å²) in [6, 6.07) is 13.7. The van der Waals surface area contributed by atoms with Gasteiger partial charge in [0.2, 0.25) is 0 Å². The van der Waals surface area contributed by atoms with Crippen molar-refractivity contribution < 1.29 is 14.3 Å². The van der Waals surface area contributed by atoms with Crippen LogP contribution in [0.1, 0.15) is 22.0 Å². The quantitative estimate of drug-likeness (QED) is 0.362. The number of aromatic amines is 1. The number of hydrogen-bond acceptors (Lipinski definition) is 6. The highest BCUT2D eigenvalue weighted by Crippen LogP contribution is 2.23. The molecule has 2 atom stereocenters. The van der Waals surface area contributed by atoms with Gasteiger partial charge in [0.05, 0.1) is 11.0 Å². The van der Waals surface area contributed by atoms with E-state index in [1.165, 1.54) is 24.5 Å². The Balaban J connectivity index is 1.87. The van der Waals surface area contributed by atoms with Crippen LogP contribution in [-0.4, -0.2) is 36.3 Å². The zero-order valence-electron chi connectivity index (χ0n) is 13.9. The number of H-pyrrole nitrogens is 1. The van der Waals surface area contributed by atoms with Crippen LogP contribution in [0.2, 0.25) is 0 Å². The van der Waals surface area contributed by atoms with Gasteiger partial charge in [-0.2, -0.15) is 4.98 Å². The summed E-state index contributed by atoms with van der Waals surface area (Å²) in [5.41, 5.74) is 0.782. The minimum atomic E-state index is -1.61. The molecule has 0 saturated heterocycles. The van der Waals surface area contributed by atoms with Gasteiger partial charge in [0.1, 0.15) is 12.1 Å². The van der Waals surface area contributed by atoms with Gasteiger partial charge in [-0.05, 0) is 17.7 Å². The normalized spacial score (nSPS) is 12.9. The number of nitro groups is 1. The molecule has 2 unspecified atom stereocenters. The molecule has 1 amide bonds. The van der Waals surface area contributed by atoms with E-state index in [0.29, 0.717) is 11.1 Å². The van der Waals surface area contributed by atoms with E-state index in [-0.39, 0.29) is 22.5 Å². The summed E-state index contributed by atoms with van der Waals surface area (Å²) < 4.78 is 12.5. The summed E-state index contributed by atoms with van der Waals surface area (Å²) in [6.07, 6.45) is 1.30. The van der Waals surface area contributed by atoms with Crippen molar-refractivity contribution in [3.63, 3.8) is 0 Å². The monoisotopic (exact) mass is 385 g/mol. The number of carbonyl (C=O) groups excluding carboxylic acids is 1. The van der Waals surface area contributed by atoms with Crippen molar-refractivity contribution in [2.24, 2.45) is 0 Å². The smallest absolute Gasteiger partial charge is 0.361 e. The van der Waals surface area contributed by atoms with Crippen molar-refractivity contribution in [2.75, 3.05) is 5.75 Å². The zero-order valence-corrected chi connectivity index (χ0v) is 14.8. The Bertz CT molecular complexity index is 920. The number of nitrogens with zero attached hydrogens (tertiary/aromatic N) is 3. The highest BCUT2D eigenvalue weighted by molar-refractivity contribution is 7.91. The summed E-state index contributed by atoms with van der Waals surface area (Å²) in [4.78, 5) is 26.9. The van der Waals surface area contributed by atoms with Gasteiger partial charge in [0, 0.05) is 28.9 Å². The van der Waals surface area contributed by atoms with Crippen LogP contribution in [0.15, 0.2) is 66.1 Å². The lowest BCUT2D eigenvalue weighted by Crippen LogP contribution is -2.33. The van der Waals surface area contributed by atoms with Crippen molar-refractivity contribution in [1.29, 1.82) is 0 Å². The molecule has 2 aromatic carbocycles. The minimum Gasteiger partial charge on any atom is -0.609 e. The van der Waals surface area contributed by atoms with E-state index in [1.807, 2.05) is 0 Å². The van der Waals surface area contributed by atoms with E-state index in [9.17, 15) is 19.5 Å². The minimum absolute atomic E-state index is 0.0302. The van der Waals surface area contributed by atoms with Gasteiger partial charge in [-0.25, -0.2) is 0 Å². The predicted octanol–water partition coefficient (Wildman–Crippen LogP) is 1.99. The first-order valence-corrected chi connectivity index (χ1v) is 9.21. The second-order valence-corrected chi connectivity index (χ2v) is 6.93. The van der Waals surface area contributed by atoms with E-state index >= 15 is 0 Å². The number of carbonyl (C=O) groups is 1. The molecule has 0 bridgehead atoms. The molecule has 0 saturated carbocycles. The van der Waals surface area contributed by atoms with Gasteiger partial charge in [0.15, 0.2) is 0 Å². The first-order valence-electron chi connectivity index (χ1n) is 7.89. The van der Waals surface area contributed by atoms with Crippen molar-refractivity contribution in [2.45, 2.75) is 11.2 Å². The first-order chi connectivity index (χ1) is 13.0. The molecule has 0 spiro atoms. The molecule has 1 aromatic heterocycles. The number of nitro benzene ring substituents is 1. The predicted molar refractivity (Wildman–Crippen MR) is 97.4 cm³/mol. The molecule has 0 fully saturated rings. The van der Waals surface area contributed by atoms with Crippen molar-refractivity contribution >= 4 is 22.8 Å². The molecule has 1 heterocycles. The fraction of sp³-hybridized carbons (Fsp3) is 0.118. The standard InChI is InChI=1S/C17H15N5O4S/c23-16(12-5-2-1-3-6-12)20-15(10-27(26)17-18-11-19-21-17)13-7-4-8-14(9-13)22(24)25/h1-9,11,15H,10H2,(H,20,23)(H,18,19,21). The molecule has 0 aliphatic rings. The van der Waals surface area contributed by atoms with Crippen LogP contribution < -0.4 is 5.32 Å². The molecular weight excluding hydrogens is 370 g/mol. The summed E-state index contributed by atoms with van der Waals surface area (Å²) in [5, 5.41) is 20.2. The summed E-state index contributed by atoms with van der Waals surface area (Å²) in [5.74, 6) is -0.406. The van der Waals surface area contributed by atoms with Crippen LogP contribution in [0.25, 0.3) is 0 Å². The lowest BCUT2D eigenvalue weighted by atomic mass is 10.1. The molecule has 3 rings (SSSR count). The number of benzene rings is 2. The van der Waals surface area contributed by atoms with Crippen LogP contribution in [0.3, 0.4) is 0 Å². The van der Waals surface area contributed by atoms with Gasteiger partial charge in [0.25, 0.3) is 11.6 Å². The van der Waals surface area contributed by atoms with Gasteiger partial charge >= 0.3 is 5.16 Å². The largest absolute Gasteiger partial charge is 0.609 e. The van der Waals surface area contributed by atoms with E-state index in [2.05, 4.69) is 20.5 Å². The molecule has 10 heteroatoms. The van der Waals surface area contributed by atoms with Gasteiger partial charge in [-0.1, -0.05) is 30.3 Å². The lowest BCUT2D eigenvalue weighted by Gasteiger charge is -2.19. The molecule has 138 valence electrons. The maximum Gasteiger partial charge on any atom is 0.361 e. The highest BCUT2D eigenvalue weighted by Gasteiger charge is 2.26. The number of amides is 1. The molecule has 3 aromatic rings. The number of nitrogens with one attached hydrogen (secondary N) is 2. The summed E-state index contributed by atoms with van der Waals surface area (Å²) in [6.45, 7) is 0. The molecule has 2 N–H and O–H groups in total. The van der Waals surface area contributed by atoms with E-state index in [4.69, 9.17) is 0 Å². The second kappa shape index (κ2) is 8.43. The number of non-ortho nitro benzene ring substituents is 1. The average Bonchev–Trinajstić information content (AvgIpc) is 3.23. The van der Waals surface area contributed by atoms with E-state index < -0.39 is 22.1 Å². The molecule has 0 aliphatic carbocycles. The molecular formula is C17H15N5O4S. The van der Waals surface area contributed by atoms with Crippen LogP contribution >= 0.6 is 0 Å². The molecule has 0 radical (unpaired) electrons. The number of hydrogen-bond donors (Lipinski definition) is 2. The highest BCUT2D eigenvalue weighted by atomic mass is 32.2. The Morgan fingerprint density at radius 3 is 2.67 bits per heavy atom. The van der Waals surface area contributed by atoms with E-state index in [0.717, 1.165) is 0 Å². The average molecular weight is 385 g/mol. The number of aromatic nitrogens is 3. The van der Waals surface area contributed by atoms with Crippen molar-refractivity contribution in [3.05, 3.63) is 82.2 Å². The maximum absolute atomic E-state index is 12.5. The second-order valence-electron chi connectivity index (χ2n) is 5.54.